The van der Waals surface area contributed by atoms with E-state index in [0.717, 1.165) is 30.9 Å². The maximum Gasteiger partial charge on any atom is 0.119 e. The van der Waals surface area contributed by atoms with Gasteiger partial charge in [-0.3, -0.25) is 0 Å². The van der Waals surface area contributed by atoms with Crippen LogP contribution < -0.4 is 10.5 Å². The molecule has 0 bridgehead atoms. The second-order valence-electron chi connectivity index (χ2n) is 5.52. The molecule has 0 spiro atoms. The van der Waals surface area contributed by atoms with Gasteiger partial charge in [0, 0.05) is 19.1 Å². The topological polar surface area (TPSA) is 38.5 Å². The van der Waals surface area contributed by atoms with E-state index in [1.54, 1.807) is 0 Å². The van der Waals surface area contributed by atoms with E-state index in [1.165, 1.54) is 0 Å². The van der Waals surface area contributed by atoms with Gasteiger partial charge in [-0.25, -0.2) is 0 Å². The summed E-state index contributed by atoms with van der Waals surface area (Å²) in [5, 5.41) is 0. The van der Waals surface area contributed by atoms with Gasteiger partial charge >= 0.3 is 0 Å². The SMILES string of the molecule is CC(C)C(C)N(C)CCCOc1cccc(CN)c1. The molecule has 0 amide bonds. The van der Waals surface area contributed by atoms with Gasteiger partial charge in [-0.2, -0.15) is 0 Å². The lowest BCUT2D eigenvalue weighted by Gasteiger charge is -2.27. The van der Waals surface area contributed by atoms with Crippen LogP contribution in [0.15, 0.2) is 24.3 Å². The van der Waals surface area contributed by atoms with Crippen molar-refractivity contribution in [1.29, 1.82) is 0 Å². The monoisotopic (exact) mass is 264 g/mol. The van der Waals surface area contributed by atoms with E-state index >= 15 is 0 Å². The molecular formula is C16H28N2O. The molecule has 3 nitrogen and oxygen atoms in total. The Morgan fingerprint density at radius 3 is 2.63 bits per heavy atom. The van der Waals surface area contributed by atoms with Crippen molar-refractivity contribution in [2.45, 2.75) is 39.8 Å². The third-order valence-electron chi connectivity index (χ3n) is 3.72. The number of nitrogens with two attached hydrogens (primary N) is 1. The zero-order valence-corrected chi connectivity index (χ0v) is 12.7. The molecule has 0 fully saturated rings. The lowest BCUT2D eigenvalue weighted by molar-refractivity contribution is 0.189. The van der Waals surface area contributed by atoms with Gasteiger partial charge in [0.2, 0.25) is 0 Å². The van der Waals surface area contributed by atoms with E-state index in [9.17, 15) is 0 Å². The Hall–Kier alpha value is -1.06. The molecule has 1 unspecified atom stereocenters. The third kappa shape index (κ3) is 5.62. The molecule has 0 radical (unpaired) electrons. The molecule has 0 saturated carbocycles. The molecule has 0 heterocycles. The first kappa shape index (κ1) is 16.0. The van der Waals surface area contributed by atoms with Gasteiger partial charge in [0.25, 0.3) is 0 Å². The maximum atomic E-state index is 5.76. The van der Waals surface area contributed by atoms with Crippen LogP contribution in [-0.4, -0.2) is 31.1 Å². The van der Waals surface area contributed by atoms with Crippen LogP contribution in [0.1, 0.15) is 32.8 Å². The minimum atomic E-state index is 0.561. The highest BCUT2D eigenvalue weighted by Gasteiger charge is 2.12. The van der Waals surface area contributed by atoms with Crippen molar-refractivity contribution >= 4 is 0 Å². The summed E-state index contributed by atoms with van der Waals surface area (Å²) in [5.74, 6) is 1.61. The van der Waals surface area contributed by atoms with E-state index in [-0.39, 0.29) is 0 Å². The second kappa shape index (κ2) is 8.18. The molecule has 1 aromatic rings. The average Bonchev–Trinajstić information content (AvgIpc) is 2.42. The molecule has 1 aromatic carbocycles. The molecule has 2 N–H and O–H groups in total. The first-order valence-electron chi connectivity index (χ1n) is 7.16. The summed E-state index contributed by atoms with van der Waals surface area (Å²) in [5.41, 5.74) is 6.73. The van der Waals surface area contributed by atoms with Crippen molar-refractivity contribution in [3.8, 4) is 5.75 Å². The van der Waals surface area contributed by atoms with Gasteiger partial charge in [0.1, 0.15) is 5.75 Å². The standard InChI is InChI=1S/C16H28N2O/c1-13(2)14(3)18(4)9-6-10-19-16-8-5-7-15(11-16)12-17/h5,7-8,11,13-14H,6,9-10,12,17H2,1-4H3. The Morgan fingerprint density at radius 2 is 2.00 bits per heavy atom. The predicted octanol–water partition coefficient (Wildman–Crippen LogP) is 2.89. The fourth-order valence-corrected chi connectivity index (χ4v) is 1.98. The number of benzene rings is 1. The molecule has 0 aliphatic carbocycles. The summed E-state index contributed by atoms with van der Waals surface area (Å²) in [6.45, 7) is 9.17. The van der Waals surface area contributed by atoms with Crippen LogP contribution in [0.4, 0.5) is 0 Å². The largest absolute Gasteiger partial charge is 0.494 e. The summed E-state index contributed by atoms with van der Waals surface area (Å²) in [6, 6.07) is 8.62. The average molecular weight is 264 g/mol. The highest BCUT2D eigenvalue weighted by atomic mass is 16.5. The van der Waals surface area contributed by atoms with Gasteiger partial charge in [0.05, 0.1) is 6.61 Å². The molecule has 0 aliphatic heterocycles. The van der Waals surface area contributed by atoms with Crippen LogP contribution in [0.5, 0.6) is 5.75 Å². The molecule has 0 saturated heterocycles. The molecule has 0 aliphatic rings. The Kier molecular flexibility index (Phi) is 6.89. The summed E-state index contributed by atoms with van der Waals surface area (Å²) >= 11 is 0. The summed E-state index contributed by atoms with van der Waals surface area (Å²) in [6.07, 6.45) is 1.04. The Bertz CT molecular complexity index is 366. The Labute approximate surface area is 117 Å². The van der Waals surface area contributed by atoms with Gasteiger partial charge in [-0.05, 0) is 44.0 Å². The number of hydrogen-bond acceptors (Lipinski definition) is 3. The minimum Gasteiger partial charge on any atom is -0.494 e. The first-order chi connectivity index (χ1) is 9.04. The van der Waals surface area contributed by atoms with Crippen molar-refractivity contribution < 1.29 is 4.74 Å². The number of hydrogen-bond donors (Lipinski definition) is 1. The maximum absolute atomic E-state index is 5.76. The number of ether oxygens (including phenoxy) is 1. The summed E-state index contributed by atoms with van der Waals surface area (Å²) in [4.78, 5) is 2.39. The van der Waals surface area contributed by atoms with Crippen molar-refractivity contribution in [3.63, 3.8) is 0 Å². The normalized spacial score (nSPS) is 13.0. The Morgan fingerprint density at radius 1 is 1.26 bits per heavy atom. The molecular weight excluding hydrogens is 236 g/mol. The van der Waals surface area contributed by atoms with Gasteiger partial charge in [-0.15, -0.1) is 0 Å². The number of rotatable bonds is 8. The van der Waals surface area contributed by atoms with Crippen molar-refractivity contribution in [3.05, 3.63) is 29.8 Å². The molecule has 108 valence electrons. The van der Waals surface area contributed by atoms with Crippen LogP contribution in [0.2, 0.25) is 0 Å². The highest BCUT2D eigenvalue weighted by molar-refractivity contribution is 5.28. The first-order valence-corrected chi connectivity index (χ1v) is 7.16. The fourth-order valence-electron chi connectivity index (χ4n) is 1.98. The zero-order chi connectivity index (χ0) is 14.3. The van der Waals surface area contributed by atoms with E-state index in [0.29, 0.717) is 18.5 Å². The quantitative estimate of drug-likeness (QED) is 0.734. The van der Waals surface area contributed by atoms with Gasteiger partial charge < -0.3 is 15.4 Å². The van der Waals surface area contributed by atoms with Crippen molar-refractivity contribution in [1.82, 2.24) is 4.90 Å². The summed E-state index contributed by atoms with van der Waals surface area (Å²) in [7, 11) is 2.18. The van der Waals surface area contributed by atoms with Crippen LogP contribution in [0.25, 0.3) is 0 Å². The predicted molar refractivity (Wildman–Crippen MR) is 81.4 cm³/mol. The van der Waals surface area contributed by atoms with Crippen molar-refractivity contribution in [2.24, 2.45) is 11.7 Å². The molecule has 0 aromatic heterocycles. The van der Waals surface area contributed by atoms with Gasteiger partial charge in [0.15, 0.2) is 0 Å². The highest BCUT2D eigenvalue weighted by Crippen LogP contribution is 2.13. The van der Waals surface area contributed by atoms with E-state index in [4.69, 9.17) is 10.5 Å². The molecule has 19 heavy (non-hydrogen) atoms. The van der Waals surface area contributed by atoms with Crippen LogP contribution in [0, 0.1) is 5.92 Å². The zero-order valence-electron chi connectivity index (χ0n) is 12.7. The third-order valence-corrected chi connectivity index (χ3v) is 3.72. The van der Waals surface area contributed by atoms with E-state index in [1.807, 2.05) is 24.3 Å². The number of nitrogens with zero attached hydrogens (tertiary/aromatic N) is 1. The van der Waals surface area contributed by atoms with Crippen LogP contribution >= 0.6 is 0 Å². The lowest BCUT2D eigenvalue weighted by atomic mass is 10.1. The lowest BCUT2D eigenvalue weighted by Crippen LogP contribution is -2.34. The smallest absolute Gasteiger partial charge is 0.119 e. The molecule has 3 heteroatoms. The Balaban J connectivity index is 2.27. The second-order valence-corrected chi connectivity index (χ2v) is 5.52. The molecule has 1 atom stereocenters. The minimum absolute atomic E-state index is 0.561. The van der Waals surface area contributed by atoms with Crippen molar-refractivity contribution in [2.75, 3.05) is 20.2 Å². The fraction of sp³-hybridized carbons (Fsp3) is 0.625. The van der Waals surface area contributed by atoms with Gasteiger partial charge in [-0.1, -0.05) is 26.0 Å². The molecule has 1 rings (SSSR count). The van der Waals surface area contributed by atoms with Crippen LogP contribution in [-0.2, 0) is 6.54 Å². The summed E-state index contributed by atoms with van der Waals surface area (Å²) < 4.78 is 5.76. The van der Waals surface area contributed by atoms with Crippen LogP contribution in [0.3, 0.4) is 0 Å². The van der Waals surface area contributed by atoms with E-state index < -0.39 is 0 Å². The van der Waals surface area contributed by atoms with E-state index in [2.05, 4.69) is 32.7 Å².